The normalized spacial score (nSPS) is 12.8. The number of hydrogen-bond donors (Lipinski definition) is 3. The van der Waals surface area contributed by atoms with Crippen molar-refractivity contribution in [1.29, 1.82) is 0 Å². The zero-order chi connectivity index (χ0) is 8.85. The van der Waals surface area contributed by atoms with Crippen LogP contribution in [0.5, 0.6) is 0 Å². The molecule has 0 fully saturated rings. The maximum Gasteiger partial charge on any atom is 0.329 e. The first-order valence-electron chi connectivity index (χ1n) is 2.92. The minimum absolute atomic E-state index is 0.773. The van der Waals surface area contributed by atoms with Crippen LogP contribution in [0.2, 0.25) is 0 Å². The summed E-state index contributed by atoms with van der Waals surface area (Å²) in [5.41, 5.74) is 0. The van der Waals surface area contributed by atoms with E-state index in [1.807, 2.05) is 0 Å². The quantitative estimate of drug-likeness (QED) is 0.488. The third kappa shape index (κ3) is 4.95. The summed E-state index contributed by atoms with van der Waals surface area (Å²) in [6, 6.07) is -0.773. The molecule has 0 saturated carbocycles. The Morgan fingerprint density at radius 1 is 1.45 bits per heavy atom. The molecule has 0 heterocycles. The fourth-order valence-electron chi connectivity index (χ4n) is 0.335. The number of carboxylic acids is 2. The molecular weight excluding hydrogens is 150 g/mol. The van der Waals surface area contributed by atoms with Gasteiger partial charge in [0.1, 0.15) is 6.04 Å². The molecule has 0 aliphatic carbocycles. The average Bonchev–Trinajstić information content (AvgIpc) is 1.86. The standard InChI is InChI=1S/C6H9NO4/c1-4(6(10)11)7-3-2-5(8)9/h2-4,7H,1H3,(H,8,9)(H,10,11)/t4-/m1/s1. The lowest BCUT2D eigenvalue weighted by atomic mass is 10.3. The van der Waals surface area contributed by atoms with E-state index in [-0.39, 0.29) is 0 Å². The molecule has 1 atom stereocenters. The van der Waals surface area contributed by atoms with Gasteiger partial charge in [0.2, 0.25) is 0 Å². The first-order valence-corrected chi connectivity index (χ1v) is 2.92. The van der Waals surface area contributed by atoms with Crippen molar-refractivity contribution in [3.8, 4) is 0 Å². The van der Waals surface area contributed by atoms with Gasteiger partial charge < -0.3 is 15.5 Å². The summed E-state index contributed by atoms with van der Waals surface area (Å²) in [6.45, 7) is 1.41. The van der Waals surface area contributed by atoms with Gasteiger partial charge in [-0.25, -0.2) is 4.79 Å². The lowest BCUT2D eigenvalue weighted by molar-refractivity contribution is -0.138. The molecular formula is C6H9NO4. The highest BCUT2D eigenvalue weighted by molar-refractivity contribution is 5.79. The van der Waals surface area contributed by atoms with Gasteiger partial charge in [0.15, 0.2) is 0 Å². The predicted molar refractivity (Wildman–Crippen MR) is 37.0 cm³/mol. The molecule has 5 nitrogen and oxygen atoms in total. The molecule has 0 amide bonds. The minimum atomic E-state index is -1.12. The Balaban J connectivity index is 3.70. The van der Waals surface area contributed by atoms with Gasteiger partial charge in [-0.05, 0) is 6.92 Å². The van der Waals surface area contributed by atoms with Crippen LogP contribution in [0.25, 0.3) is 0 Å². The van der Waals surface area contributed by atoms with E-state index in [1.54, 1.807) is 0 Å². The van der Waals surface area contributed by atoms with Crippen LogP contribution in [0, 0.1) is 0 Å². The average molecular weight is 159 g/mol. The van der Waals surface area contributed by atoms with E-state index in [4.69, 9.17) is 10.2 Å². The van der Waals surface area contributed by atoms with Crippen LogP contribution in [0.15, 0.2) is 12.3 Å². The number of hydrogen-bond acceptors (Lipinski definition) is 3. The molecule has 0 bridgehead atoms. The van der Waals surface area contributed by atoms with Crippen LogP contribution < -0.4 is 5.32 Å². The van der Waals surface area contributed by atoms with Gasteiger partial charge in [-0.15, -0.1) is 0 Å². The molecule has 0 aromatic rings. The van der Waals surface area contributed by atoms with Crippen molar-refractivity contribution in [2.24, 2.45) is 0 Å². The number of rotatable bonds is 4. The fraction of sp³-hybridized carbons (Fsp3) is 0.333. The zero-order valence-electron chi connectivity index (χ0n) is 5.94. The van der Waals surface area contributed by atoms with Gasteiger partial charge in [0.25, 0.3) is 0 Å². The van der Waals surface area contributed by atoms with Crippen molar-refractivity contribution >= 4 is 11.9 Å². The minimum Gasteiger partial charge on any atom is -0.480 e. The SMILES string of the molecule is C[C@@H](NC=CC(=O)O)C(=O)O. The summed E-state index contributed by atoms with van der Waals surface area (Å²) in [5, 5.41) is 18.7. The summed E-state index contributed by atoms with van der Waals surface area (Å²) in [4.78, 5) is 20.0. The molecule has 62 valence electrons. The van der Waals surface area contributed by atoms with E-state index >= 15 is 0 Å². The Hall–Kier alpha value is -1.52. The van der Waals surface area contributed by atoms with Crippen LogP contribution in [0.4, 0.5) is 0 Å². The van der Waals surface area contributed by atoms with Crippen LogP contribution in [0.1, 0.15) is 6.92 Å². The highest BCUT2D eigenvalue weighted by Crippen LogP contribution is 1.80. The number of carbonyl (C=O) groups is 2. The lowest BCUT2D eigenvalue weighted by Crippen LogP contribution is -2.29. The van der Waals surface area contributed by atoms with Crippen molar-refractivity contribution in [2.75, 3.05) is 0 Å². The molecule has 0 radical (unpaired) electrons. The molecule has 0 saturated heterocycles. The smallest absolute Gasteiger partial charge is 0.329 e. The Labute approximate surface area is 63.3 Å². The van der Waals surface area contributed by atoms with Crippen LogP contribution >= 0.6 is 0 Å². The maximum atomic E-state index is 10.1. The second-order valence-corrected chi connectivity index (χ2v) is 1.90. The van der Waals surface area contributed by atoms with Gasteiger partial charge in [0, 0.05) is 12.3 Å². The molecule has 0 aliphatic rings. The fourth-order valence-corrected chi connectivity index (χ4v) is 0.335. The molecule has 5 heteroatoms. The molecule has 0 aromatic heterocycles. The molecule has 0 aromatic carbocycles. The lowest BCUT2D eigenvalue weighted by Gasteiger charge is -2.03. The van der Waals surface area contributed by atoms with Gasteiger partial charge in [-0.1, -0.05) is 0 Å². The first-order chi connectivity index (χ1) is 5.04. The maximum absolute atomic E-state index is 10.1. The topological polar surface area (TPSA) is 86.6 Å². The number of nitrogens with one attached hydrogen (secondary N) is 1. The van der Waals surface area contributed by atoms with E-state index in [0.717, 1.165) is 12.3 Å². The zero-order valence-corrected chi connectivity index (χ0v) is 5.94. The van der Waals surface area contributed by atoms with E-state index in [0.29, 0.717) is 0 Å². The molecule has 3 N–H and O–H groups in total. The summed E-state index contributed by atoms with van der Waals surface area (Å²) >= 11 is 0. The van der Waals surface area contributed by atoms with Crippen LogP contribution in [0.3, 0.4) is 0 Å². The predicted octanol–water partition coefficient (Wildman–Crippen LogP) is -0.353. The summed E-state index contributed by atoms with van der Waals surface area (Å²) < 4.78 is 0. The van der Waals surface area contributed by atoms with Gasteiger partial charge in [-0.2, -0.15) is 0 Å². The summed E-state index contributed by atoms with van der Waals surface area (Å²) in [7, 11) is 0. The van der Waals surface area contributed by atoms with E-state index in [9.17, 15) is 9.59 Å². The van der Waals surface area contributed by atoms with E-state index in [2.05, 4.69) is 5.32 Å². The van der Waals surface area contributed by atoms with Crippen LogP contribution in [-0.2, 0) is 9.59 Å². The second-order valence-electron chi connectivity index (χ2n) is 1.90. The Morgan fingerprint density at radius 2 is 2.00 bits per heavy atom. The molecule has 0 rings (SSSR count). The molecule has 0 aliphatic heterocycles. The third-order valence-corrected chi connectivity index (χ3v) is 0.943. The Bertz CT molecular complexity index is 187. The van der Waals surface area contributed by atoms with Gasteiger partial charge >= 0.3 is 11.9 Å². The van der Waals surface area contributed by atoms with E-state index < -0.39 is 18.0 Å². The number of aliphatic carboxylic acids is 2. The number of carboxylic acid groups (broad SMARTS) is 2. The Morgan fingerprint density at radius 3 is 2.36 bits per heavy atom. The molecule has 0 unspecified atom stereocenters. The van der Waals surface area contributed by atoms with Crippen molar-refractivity contribution < 1.29 is 19.8 Å². The van der Waals surface area contributed by atoms with Gasteiger partial charge in [0.05, 0.1) is 0 Å². The van der Waals surface area contributed by atoms with E-state index in [1.165, 1.54) is 6.92 Å². The monoisotopic (exact) mass is 159 g/mol. The highest BCUT2D eigenvalue weighted by Gasteiger charge is 2.06. The van der Waals surface area contributed by atoms with Crippen LogP contribution in [-0.4, -0.2) is 28.2 Å². The van der Waals surface area contributed by atoms with Crippen molar-refractivity contribution in [3.63, 3.8) is 0 Å². The largest absolute Gasteiger partial charge is 0.480 e. The Kier molecular flexibility index (Phi) is 3.72. The second kappa shape index (κ2) is 4.32. The van der Waals surface area contributed by atoms with Gasteiger partial charge in [-0.3, -0.25) is 4.79 Å². The van der Waals surface area contributed by atoms with Crippen molar-refractivity contribution in [2.45, 2.75) is 13.0 Å². The molecule has 0 spiro atoms. The molecule has 11 heavy (non-hydrogen) atoms. The summed E-state index contributed by atoms with van der Waals surface area (Å²) in [6.07, 6.45) is 1.92. The highest BCUT2D eigenvalue weighted by atomic mass is 16.4. The summed E-state index contributed by atoms with van der Waals surface area (Å²) in [5.74, 6) is -2.14. The van der Waals surface area contributed by atoms with Crippen molar-refractivity contribution in [1.82, 2.24) is 5.32 Å². The first kappa shape index (κ1) is 9.48. The third-order valence-electron chi connectivity index (χ3n) is 0.943. The van der Waals surface area contributed by atoms with Crippen molar-refractivity contribution in [3.05, 3.63) is 12.3 Å².